The van der Waals surface area contributed by atoms with E-state index in [0.29, 0.717) is 13.1 Å². The van der Waals surface area contributed by atoms with Crippen LogP contribution in [0.1, 0.15) is 36.9 Å². The van der Waals surface area contributed by atoms with Crippen molar-refractivity contribution in [3.05, 3.63) is 35.5 Å². The van der Waals surface area contributed by atoms with Gasteiger partial charge in [-0.25, -0.2) is 4.68 Å². The lowest BCUT2D eigenvalue weighted by Crippen LogP contribution is -2.43. The summed E-state index contributed by atoms with van der Waals surface area (Å²) in [6, 6.07) is 3.59. The highest BCUT2D eigenvalue weighted by Crippen LogP contribution is 2.21. The van der Waals surface area contributed by atoms with Gasteiger partial charge in [-0.2, -0.15) is 0 Å². The summed E-state index contributed by atoms with van der Waals surface area (Å²) in [5, 5.41) is 11.3. The lowest BCUT2D eigenvalue weighted by Gasteiger charge is -2.23. The van der Waals surface area contributed by atoms with Gasteiger partial charge in [-0.05, 0) is 45.4 Å². The Hall–Kier alpha value is -2.15. The van der Waals surface area contributed by atoms with Crippen molar-refractivity contribution >= 4 is 5.91 Å². The van der Waals surface area contributed by atoms with E-state index in [1.807, 2.05) is 23.7 Å². The monoisotopic (exact) mass is 317 g/mol. The van der Waals surface area contributed by atoms with Crippen LogP contribution in [0, 0.1) is 6.92 Å². The predicted molar refractivity (Wildman–Crippen MR) is 84.4 cm³/mol. The van der Waals surface area contributed by atoms with Gasteiger partial charge in [0.15, 0.2) is 0 Å². The second-order valence-electron chi connectivity index (χ2n) is 5.86. The van der Waals surface area contributed by atoms with Gasteiger partial charge >= 0.3 is 0 Å². The fourth-order valence-electron chi connectivity index (χ4n) is 3.08. The zero-order valence-corrected chi connectivity index (χ0v) is 13.7. The molecule has 23 heavy (non-hydrogen) atoms. The molecule has 0 saturated carbocycles. The first-order valence-electron chi connectivity index (χ1n) is 8.12. The minimum atomic E-state index is -0.0930. The van der Waals surface area contributed by atoms with Crippen LogP contribution in [0.15, 0.2) is 22.8 Å². The molecule has 0 bridgehead atoms. The third kappa shape index (κ3) is 3.44. The number of aromatic nitrogens is 3. The number of carbonyl (C=O) groups excluding carboxylic acids is 1. The summed E-state index contributed by atoms with van der Waals surface area (Å²) in [7, 11) is 0. The Kier molecular flexibility index (Phi) is 4.76. The van der Waals surface area contributed by atoms with Crippen molar-refractivity contribution in [2.75, 3.05) is 6.54 Å². The molecule has 0 radical (unpaired) electrons. The van der Waals surface area contributed by atoms with Crippen LogP contribution in [0.25, 0.3) is 0 Å². The maximum absolute atomic E-state index is 12.5. The number of nitrogens with one attached hydrogen (secondary N) is 1. The Morgan fingerprint density at radius 1 is 1.52 bits per heavy atom. The van der Waals surface area contributed by atoms with E-state index in [9.17, 15) is 4.79 Å². The number of likely N-dealkylation sites (tertiary alicyclic amines) is 1. The highest BCUT2D eigenvalue weighted by Gasteiger charge is 2.31. The molecule has 0 spiro atoms. The van der Waals surface area contributed by atoms with Crippen molar-refractivity contribution in [3.8, 4) is 0 Å². The normalized spacial score (nSPS) is 18.4. The quantitative estimate of drug-likeness (QED) is 0.873. The first-order chi connectivity index (χ1) is 11.2. The molecule has 0 aliphatic carbocycles. The van der Waals surface area contributed by atoms with Crippen molar-refractivity contribution in [2.45, 2.75) is 52.4 Å². The number of hydrogen-bond donors (Lipinski definition) is 1. The van der Waals surface area contributed by atoms with Gasteiger partial charge in [-0.1, -0.05) is 5.21 Å². The van der Waals surface area contributed by atoms with Crippen LogP contribution in [0.2, 0.25) is 0 Å². The van der Waals surface area contributed by atoms with Crippen LogP contribution in [0.3, 0.4) is 0 Å². The van der Waals surface area contributed by atoms with E-state index in [2.05, 4.69) is 27.5 Å². The summed E-state index contributed by atoms with van der Waals surface area (Å²) < 4.78 is 7.16. The third-order valence-corrected chi connectivity index (χ3v) is 4.37. The van der Waals surface area contributed by atoms with Crippen LogP contribution in [0.5, 0.6) is 0 Å². The zero-order chi connectivity index (χ0) is 16.2. The molecule has 2 aromatic rings. The standard InChI is InChI=1S/C16H23N5O2/c1-3-21-15(12(2)18-19-21)11-20-8-4-7-14(20)16(22)17-10-13-6-5-9-23-13/h5-6,9,14H,3-4,7-8,10-11H2,1-2H3,(H,17,22). The Morgan fingerprint density at radius 3 is 3.13 bits per heavy atom. The molecule has 7 nitrogen and oxygen atoms in total. The molecular weight excluding hydrogens is 294 g/mol. The minimum Gasteiger partial charge on any atom is -0.467 e. The van der Waals surface area contributed by atoms with E-state index in [1.165, 1.54) is 0 Å². The van der Waals surface area contributed by atoms with E-state index in [-0.39, 0.29) is 11.9 Å². The van der Waals surface area contributed by atoms with Gasteiger partial charge in [0.25, 0.3) is 0 Å². The summed E-state index contributed by atoms with van der Waals surface area (Å²) >= 11 is 0. The van der Waals surface area contributed by atoms with Crippen molar-refractivity contribution in [1.29, 1.82) is 0 Å². The SMILES string of the molecule is CCn1nnc(C)c1CN1CCCC1C(=O)NCc1ccco1. The lowest BCUT2D eigenvalue weighted by molar-refractivity contribution is -0.125. The average molecular weight is 317 g/mol. The molecule has 1 amide bonds. The van der Waals surface area contributed by atoms with Crippen LogP contribution < -0.4 is 5.32 Å². The lowest BCUT2D eigenvalue weighted by atomic mass is 10.2. The molecule has 2 aromatic heterocycles. The van der Waals surface area contributed by atoms with Crippen LogP contribution in [0.4, 0.5) is 0 Å². The molecule has 7 heteroatoms. The van der Waals surface area contributed by atoms with Gasteiger partial charge in [0.2, 0.25) is 5.91 Å². The Bertz CT molecular complexity index is 649. The first-order valence-corrected chi connectivity index (χ1v) is 8.12. The summed E-state index contributed by atoms with van der Waals surface area (Å²) in [6.45, 7) is 6.88. The van der Waals surface area contributed by atoms with E-state index >= 15 is 0 Å². The van der Waals surface area contributed by atoms with Crippen molar-refractivity contribution in [2.24, 2.45) is 0 Å². The van der Waals surface area contributed by atoms with E-state index in [1.54, 1.807) is 6.26 Å². The smallest absolute Gasteiger partial charge is 0.237 e. The van der Waals surface area contributed by atoms with Gasteiger partial charge in [0, 0.05) is 13.1 Å². The molecule has 1 fully saturated rings. The van der Waals surface area contributed by atoms with Crippen LogP contribution >= 0.6 is 0 Å². The highest BCUT2D eigenvalue weighted by molar-refractivity contribution is 5.81. The number of rotatable bonds is 6. The highest BCUT2D eigenvalue weighted by atomic mass is 16.3. The molecule has 3 rings (SSSR count). The third-order valence-electron chi connectivity index (χ3n) is 4.37. The molecule has 1 atom stereocenters. The molecular formula is C16H23N5O2. The Morgan fingerprint density at radius 2 is 2.39 bits per heavy atom. The molecule has 1 saturated heterocycles. The zero-order valence-electron chi connectivity index (χ0n) is 13.7. The predicted octanol–water partition coefficient (Wildman–Crippen LogP) is 1.48. The fourth-order valence-corrected chi connectivity index (χ4v) is 3.08. The average Bonchev–Trinajstić information content (AvgIpc) is 3.28. The molecule has 1 unspecified atom stereocenters. The Labute approximate surface area is 135 Å². The Balaban J connectivity index is 1.63. The molecule has 1 aliphatic rings. The summed E-state index contributed by atoms with van der Waals surface area (Å²) in [5.74, 6) is 0.832. The van der Waals surface area contributed by atoms with Crippen LogP contribution in [-0.4, -0.2) is 38.4 Å². The molecule has 124 valence electrons. The molecule has 1 aliphatic heterocycles. The molecule has 3 heterocycles. The van der Waals surface area contributed by atoms with Crippen molar-refractivity contribution < 1.29 is 9.21 Å². The van der Waals surface area contributed by atoms with Gasteiger partial charge < -0.3 is 9.73 Å². The van der Waals surface area contributed by atoms with Gasteiger partial charge in [-0.3, -0.25) is 9.69 Å². The number of carbonyl (C=O) groups is 1. The second kappa shape index (κ2) is 6.95. The van der Waals surface area contributed by atoms with Gasteiger partial charge in [0.05, 0.1) is 30.2 Å². The molecule has 0 aromatic carbocycles. The van der Waals surface area contributed by atoms with Crippen LogP contribution in [-0.2, 0) is 24.4 Å². The maximum Gasteiger partial charge on any atom is 0.237 e. The second-order valence-corrected chi connectivity index (χ2v) is 5.86. The number of aryl methyl sites for hydroxylation is 2. The number of furan rings is 1. The summed E-state index contributed by atoms with van der Waals surface area (Å²) in [6.07, 6.45) is 3.54. The van der Waals surface area contributed by atoms with Gasteiger partial charge in [0.1, 0.15) is 5.76 Å². The van der Waals surface area contributed by atoms with Crippen molar-refractivity contribution in [3.63, 3.8) is 0 Å². The van der Waals surface area contributed by atoms with E-state index in [0.717, 1.165) is 43.1 Å². The van der Waals surface area contributed by atoms with E-state index in [4.69, 9.17) is 4.42 Å². The fraction of sp³-hybridized carbons (Fsp3) is 0.562. The largest absolute Gasteiger partial charge is 0.467 e. The van der Waals surface area contributed by atoms with Crippen molar-refractivity contribution in [1.82, 2.24) is 25.2 Å². The maximum atomic E-state index is 12.5. The van der Waals surface area contributed by atoms with Gasteiger partial charge in [-0.15, -0.1) is 5.10 Å². The van der Waals surface area contributed by atoms with E-state index < -0.39 is 0 Å². The molecule has 1 N–H and O–H groups in total. The number of hydrogen-bond acceptors (Lipinski definition) is 5. The topological polar surface area (TPSA) is 76.2 Å². The first kappa shape index (κ1) is 15.7. The number of nitrogens with zero attached hydrogens (tertiary/aromatic N) is 4. The summed E-state index contributed by atoms with van der Waals surface area (Å²) in [5.41, 5.74) is 2.03. The number of amides is 1. The minimum absolute atomic E-state index is 0.0621. The summed E-state index contributed by atoms with van der Waals surface area (Å²) in [4.78, 5) is 14.7.